The Labute approximate surface area is 188 Å². The summed E-state index contributed by atoms with van der Waals surface area (Å²) >= 11 is 0. The predicted molar refractivity (Wildman–Crippen MR) is 111 cm³/mol. The second-order valence-corrected chi connectivity index (χ2v) is 11.2. The van der Waals surface area contributed by atoms with Crippen LogP contribution < -0.4 is 10.0 Å². The van der Waals surface area contributed by atoms with Gasteiger partial charge in [-0.3, -0.25) is 0 Å². The zero-order chi connectivity index (χ0) is 24.4. The second kappa shape index (κ2) is 9.31. The first kappa shape index (κ1) is 25.0. The van der Waals surface area contributed by atoms with Gasteiger partial charge in [-0.2, -0.15) is 13.2 Å². The molecular formula is C20H21F3N2O6S2. The summed E-state index contributed by atoms with van der Waals surface area (Å²) in [5.41, 5.74) is -1.48. The van der Waals surface area contributed by atoms with E-state index in [9.17, 15) is 34.8 Å². The van der Waals surface area contributed by atoms with Crippen molar-refractivity contribution in [3.63, 3.8) is 0 Å². The molecule has 8 nitrogen and oxygen atoms in total. The molecule has 1 saturated carbocycles. The molecule has 13 heteroatoms. The van der Waals surface area contributed by atoms with Gasteiger partial charge in [-0.05, 0) is 56.0 Å². The molecule has 0 aromatic heterocycles. The van der Waals surface area contributed by atoms with Gasteiger partial charge in [0.15, 0.2) is 0 Å². The largest absolute Gasteiger partial charge is 0.465 e. The van der Waals surface area contributed by atoms with E-state index in [1.54, 1.807) is 6.07 Å². The number of sulfonamides is 1. The minimum atomic E-state index is -5.04. The third kappa shape index (κ3) is 5.84. The van der Waals surface area contributed by atoms with Crippen LogP contribution in [0.15, 0.2) is 63.2 Å². The van der Waals surface area contributed by atoms with Gasteiger partial charge < -0.3 is 10.4 Å². The molecule has 0 bridgehead atoms. The number of halogens is 3. The van der Waals surface area contributed by atoms with Crippen LogP contribution in [-0.4, -0.2) is 40.1 Å². The maximum Gasteiger partial charge on any atom is 0.417 e. The van der Waals surface area contributed by atoms with Crippen molar-refractivity contribution in [1.29, 1.82) is 0 Å². The van der Waals surface area contributed by atoms with E-state index in [4.69, 9.17) is 5.11 Å². The van der Waals surface area contributed by atoms with Crippen molar-refractivity contribution in [2.24, 2.45) is 0 Å². The van der Waals surface area contributed by atoms with Crippen LogP contribution in [0.5, 0.6) is 0 Å². The summed E-state index contributed by atoms with van der Waals surface area (Å²) in [6.45, 7) is 0. The quantitative estimate of drug-likeness (QED) is 0.551. The molecule has 2 aromatic carbocycles. The van der Waals surface area contributed by atoms with Gasteiger partial charge in [-0.15, -0.1) is 0 Å². The highest BCUT2D eigenvalue weighted by molar-refractivity contribution is 7.91. The minimum absolute atomic E-state index is 0.190. The summed E-state index contributed by atoms with van der Waals surface area (Å²) < 4.78 is 94.5. The van der Waals surface area contributed by atoms with Gasteiger partial charge in [0, 0.05) is 12.1 Å². The van der Waals surface area contributed by atoms with Crippen molar-refractivity contribution < 1.29 is 39.9 Å². The van der Waals surface area contributed by atoms with Gasteiger partial charge in [-0.1, -0.05) is 18.2 Å². The first-order valence-corrected chi connectivity index (χ1v) is 12.8. The Morgan fingerprint density at radius 1 is 0.879 bits per heavy atom. The lowest BCUT2D eigenvalue weighted by atomic mass is 9.92. The maximum absolute atomic E-state index is 13.6. The van der Waals surface area contributed by atoms with Crippen molar-refractivity contribution in [2.45, 2.75) is 58.6 Å². The molecule has 180 valence electrons. The molecule has 3 N–H and O–H groups in total. The Kier molecular flexibility index (Phi) is 7.05. The van der Waals surface area contributed by atoms with Crippen LogP contribution in [0.4, 0.5) is 18.0 Å². The molecule has 0 heterocycles. The molecule has 0 aliphatic heterocycles. The molecule has 2 aromatic rings. The summed E-state index contributed by atoms with van der Waals surface area (Å²) in [4.78, 5) is 8.77. The smallest absolute Gasteiger partial charge is 0.417 e. The van der Waals surface area contributed by atoms with E-state index >= 15 is 0 Å². The molecule has 0 spiro atoms. The molecular weight excluding hydrogens is 485 g/mol. The molecule has 1 fully saturated rings. The lowest BCUT2D eigenvalue weighted by molar-refractivity contribution is -0.139. The zero-order valence-corrected chi connectivity index (χ0v) is 18.7. The average Bonchev–Trinajstić information content (AvgIpc) is 2.74. The lowest BCUT2D eigenvalue weighted by Gasteiger charge is -2.29. The van der Waals surface area contributed by atoms with Crippen LogP contribution >= 0.6 is 0 Å². The highest BCUT2D eigenvalue weighted by atomic mass is 32.2. The number of rotatable bonds is 6. The number of benzene rings is 2. The summed E-state index contributed by atoms with van der Waals surface area (Å²) in [5.74, 6) is 0. The monoisotopic (exact) mass is 506 g/mol. The van der Waals surface area contributed by atoms with E-state index in [1.807, 2.05) is 0 Å². The highest BCUT2D eigenvalue weighted by Crippen LogP contribution is 2.36. The van der Waals surface area contributed by atoms with Gasteiger partial charge >= 0.3 is 12.3 Å². The number of carboxylic acid groups (broad SMARTS) is 1. The molecule has 33 heavy (non-hydrogen) atoms. The van der Waals surface area contributed by atoms with Crippen LogP contribution in [0.25, 0.3) is 0 Å². The fourth-order valence-electron chi connectivity index (χ4n) is 3.68. The van der Waals surface area contributed by atoms with E-state index in [0.717, 1.165) is 6.07 Å². The minimum Gasteiger partial charge on any atom is -0.465 e. The summed E-state index contributed by atoms with van der Waals surface area (Å²) in [7, 11) is -9.01. The van der Waals surface area contributed by atoms with Crippen molar-refractivity contribution in [2.75, 3.05) is 0 Å². The lowest BCUT2D eigenvalue weighted by Crippen LogP contribution is -2.43. The van der Waals surface area contributed by atoms with Gasteiger partial charge in [-0.25, -0.2) is 26.4 Å². The standard InChI is InChI=1S/C20H21F3N2O6S2/c21-20(22,23)17-11-10-16(32(28,29)15-4-2-1-3-5-15)12-18(17)33(30,31)25-14-8-6-13(7-9-14)24-19(26)27/h1-5,10-14,24-25H,6-9H2,(H,26,27). The molecule has 0 unspecified atom stereocenters. The molecule has 0 radical (unpaired) electrons. The number of hydrogen-bond acceptors (Lipinski definition) is 5. The number of nitrogens with one attached hydrogen (secondary N) is 2. The van der Waals surface area contributed by atoms with Crippen molar-refractivity contribution in [3.8, 4) is 0 Å². The molecule has 1 amide bonds. The Morgan fingerprint density at radius 3 is 2.00 bits per heavy atom. The number of hydrogen-bond donors (Lipinski definition) is 3. The Morgan fingerprint density at radius 2 is 1.45 bits per heavy atom. The van der Waals surface area contributed by atoms with Gasteiger partial charge in [0.25, 0.3) is 0 Å². The maximum atomic E-state index is 13.6. The Hall–Kier alpha value is -2.64. The number of alkyl halides is 3. The molecule has 0 atom stereocenters. The fourth-order valence-corrected chi connectivity index (χ4v) is 6.61. The highest BCUT2D eigenvalue weighted by Gasteiger charge is 2.39. The van der Waals surface area contributed by atoms with Crippen LogP contribution in [0, 0.1) is 0 Å². The predicted octanol–water partition coefficient (Wildman–Crippen LogP) is 3.40. The molecule has 0 saturated heterocycles. The normalized spacial score (nSPS) is 19.7. The van der Waals surface area contributed by atoms with Crippen LogP contribution in [0.1, 0.15) is 31.2 Å². The third-order valence-corrected chi connectivity index (χ3v) is 8.62. The molecule has 1 aliphatic rings. The third-order valence-electron chi connectivity index (χ3n) is 5.29. The fraction of sp³-hybridized carbons (Fsp3) is 0.350. The van der Waals surface area contributed by atoms with Crippen LogP contribution in [-0.2, 0) is 26.0 Å². The Bertz CT molecular complexity index is 1220. The average molecular weight is 507 g/mol. The van der Waals surface area contributed by atoms with Gasteiger partial charge in [0.1, 0.15) is 0 Å². The van der Waals surface area contributed by atoms with E-state index in [1.165, 1.54) is 24.3 Å². The zero-order valence-electron chi connectivity index (χ0n) is 17.0. The summed E-state index contributed by atoms with van der Waals surface area (Å²) in [5, 5.41) is 11.1. The number of amides is 1. The topological polar surface area (TPSA) is 130 Å². The van der Waals surface area contributed by atoms with Crippen LogP contribution in [0.2, 0.25) is 0 Å². The molecule has 1 aliphatic carbocycles. The van der Waals surface area contributed by atoms with E-state index < -0.39 is 53.5 Å². The van der Waals surface area contributed by atoms with Crippen molar-refractivity contribution in [3.05, 3.63) is 54.1 Å². The second-order valence-electron chi connectivity index (χ2n) is 7.59. The van der Waals surface area contributed by atoms with Gasteiger partial charge in [0.2, 0.25) is 19.9 Å². The van der Waals surface area contributed by atoms with E-state index in [-0.39, 0.29) is 23.8 Å². The first-order chi connectivity index (χ1) is 15.3. The number of sulfone groups is 1. The summed E-state index contributed by atoms with van der Waals surface area (Å²) in [6.07, 6.45) is -5.25. The van der Waals surface area contributed by atoms with Gasteiger partial charge in [0.05, 0.1) is 20.2 Å². The van der Waals surface area contributed by atoms with E-state index in [2.05, 4.69) is 10.0 Å². The van der Waals surface area contributed by atoms with Crippen LogP contribution in [0.3, 0.4) is 0 Å². The van der Waals surface area contributed by atoms with Crippen molar-refractivity contribution >= 4 is 26.0 Å². The Balaban J connectivity index is 1.95. The SMILES string of the molecule is O=C(O)NC1CCC(NS(=O)(=O)c2cc(S(=O)(=O)c3ccccc3)ccc2C(F)(F)F)CC1. The summed E-state index contributed by atoms with van der Waals surface area (Å²) in [6, 6.07) is 7.53. The first-order valence-electron chi connectivity index (χ1n) is 9.84. The number of carbonyl (C=O) groups is 1. The molecule has 3 rings (SSSR count). The van der Waals surface area contributed by atoms with E-state index in [0.29, 0.717) is 25.0 Å². The van der Waals surface area contributed by atoms with Crippen molar-refractivity contribution in [1.82, 2.24) is 10.0 Å².